The van der Waals surface area contributed by atoms with Gasteiger partial charge in [-0.1, -0.05) is 29.8 Å². The number of benzene rings is 1. The van der Waals surface area contributed by atoms with Crippen molar-refractivity contribution < 1.29 is 4.74 Å². The fourth-order valence-electron chi connectivity index (χ4n) is 3.64. The summed E-state index contributed by atoms with van der Waals surface area (Å²) in [5.74, 6) is 1.29. The average Bonchev–Trinajstić information content (AvgIpc) is 3.04. The lowest BCUT2D eigenvalue weighted by molar-refractivity contribution is -0.0250. The Morgan fingerprint density at radius 1 is 1.21 bits per heavy atom. The Hall–Kier alpha value is -1.92. The Balaban J connectivity index is 1.59. The molecule has 2 heterocycles. The summed E-state index contributed by atoms with van der Waals surface area (Å²) in [5, 5.41) is 8.02. The number of guanidine groups is 1. The average molecular weight is 415 g/mol. The van der Waals surface area contributed by atoms with Gasteiger partial charge in [-0.25, -0.2) is 4.98 Å². The van der Waals surface area contributed by atoms with Gasteiger partial charge >= 0.3 is 0 Å². The van der Waals surface area contributed by atoms with Crippen LogP contribution in [0.2, 0.25) is 0 Å². The van der Waals surface area contributed by atoms with Gasteiger partial charge in [0.05, 0.1) is 16.8 Å². The predicted molar refractivity (Wildman–Crippen MR) is 122 cm³/mol. The Bertz CT molecular complexity index is 780. The van der Waals surface area contributed by atoms with Crippen molar-refractivity contribution in [2.75, 3.05) is 26.2 Å². The second-order valence-corrected chi connectivity index (χ2v) is 9.04. The molecular weight excluding hydrogens is 380 g/mol. The van der Waals surface area contributed by atoms with E-state index in [4.69, 9.17) is 9.73 Å². The fourth-order valence-corrected chi connectivity index (χ4v) is 4.57. The van der Waals surface area contributed by atoms with Crippen LogP contribution in [0.3, 0.4) is 0 Å². The van der Waals surface area contributed by atoms with E-state index in [1.165, 1.54) is 21.0 Å². The van der Waals surface area contributed by atoms with Crippen LogP contribution in [0, 0.1) is 26.7 Å². The van der Waals surface area contributed by atoms with Gasteiger partial charge in [0.1, 0.15) is 0 Å². The number of ether oxygens (including phenoxy) is 1. The number of aromatic nitrogens is 1. The van der Waals surface area contributed by atoms with Gasteiger partial charge < -0.3 is 15.4 Å². The second kappa shape index (κ2) is 10.7. The zero-order chi connectivity index (χ0) is 20.6. The Labute approximate surface area is 179 Å². The molecular formula is C23H34N4OS. The zero-order valence-corrected chi connectivity index (χ0v) is 18.9. The lowest BCUT2D eigenvalue weighted by Crippen LogP contribution is -2.39. The Kier molecular flexibility index (Phi) is 8.07. The molecule has 0 bridgehead atoms. The molecule has 1 saturated heterocycles. The Morgan fingerprint density at radius 3 is 2.69 bits per heavy atom. The highest BCUT2D eigenvalue weighted by molar-refractivity contribution is 7.11. The van der Waals surface area contributed by atoms with Crippen LogP contribution >= 0.6 is 11.3 Å². The first-order chi connectivity index (χ1) is 14.1. The Morgan fingerprint density at radius 2 is 2.00 bits per heavy atom. The number of aryl methyl sites for hydroxylation is 3. The summed E-state index contributed by atoms with van der Waals surface area (Å²) >= 11 is 1.79. The van der Waals surface area contributed by atoms with E-state index in [2.05, 4.69) is 67.6 Å². The van der Waals surface area contributed by atoms with Crippen LogP contribution in [-0.2, 0) is 11.2 Å². The lowest BCUT2D eigenvalue weighted by atomic mass is 9.89. The molecule has 29 heavy (non-hydrogen) atoms. The van der Waals surface area contributed by atoms with E-state index in [9.17, 15) is 0 Å². The van der Waals surface area contributed by atoms with E-state index >= 15 is 0 Å². The predicted octanol–water partition coefficient (Wildman–Crippen LogP) is 4.33. The van der Waals surface area contributed by atoms with Gasteiger partial charge in [-0.2, -0.15) is 0 Å². The van der Waals surface area contributed by atoms with Gasteiger partial charge in [0.2, 0.25) is 0 Å². The number of hydrogen-bond acceptors (Lipinski definition) is 4. The van der Waals surface area contributed by atoms with E-state index in [-0.39, 0.29) is 6.10 Å². The van der Waals surface area contributed by atoms with Gasteiger partial charge in [0, 0.05) is 43.5 Å². The minimum Gasteiger partial charge on any atom is -0.373 e. The zero-order valence-electron chi connectivity index (χ0n) is 18.1. The van der Waals surface area contributed by atoms with Gasteiger partial charge in [-0.3, -0.25) is 4.99 Å². The van der Waals surface area contributed by atoms with E-state index in [1.807, 2.05) is 0 Å². The molecule has 3 rings (SSSR count). The summed E-state index contributed by atoms with van der Waals surface area (Å²) in [4.78, 5) is 10.8. The molecule has 0 radical (unpaired) electrons. The van der Waals surface area contributed by atoms with Crippen LogP contribution in [0.25, 0.3) is 0 Å². The number of hydrogen-bond donors (Lipinski definition) is 2. The van der Waals surface area contributed by atoms with Crippen molar-refractivity contribution in [1.29, 1.82) is 0 Å². The number of thiazole rings is 1. The van der Waals surface area contributed by atoms with Crippen molar-refractivity contribution in [3.8, 4) is 0 Å². The van der Waals surface area contributed by atoms with E-state index in [0.717, 1.165) is 57.2 Å². The molecule has 2 aromatic rings. The summed E-state index contributed by atoms with van der Waals surface area (Å²) in [7, 11) is 0. The largest absolute Gasteiger partial charge is 0.373 e. The van der Waals surface area contributed by atoms with E-state index in [1.54, 1.807) is 11.3 Å². The summed E-state index contributed by atoms with van der Waals surface area (Å²) in [6.07, 6.45) is 3.31. The van der Waals surface area contributed by atoms with Crippen LogP contribution in [0.1, 0.15) is 52.6 Å². The van der Waals surface area contributed by atoms with Crippen LogP contribution in [0.15, 0.2) is 29.3 Å². The first kappa shape index (κ1) is 21.8. The maximum atomic E-state index is 6.14. The van der Waals surface area contributed by atoms with Crippen molar-refractivity contribution in [3.63, 3.8) is 0 Å². The lowest BCUT2D eigenvalue weighted by Gasteiger charge is -2.31. The molecule has 1 aromatic carbocycles. The second-order valence-electron chi connectivity index (χ2n) is 7.75. The molecule has 1 aromatic heterocycles. The SMILES string of the molecule is CCNC(=NCC1CCCOC1c1ccc(C)cc1)NCCc1nc(C)c(C)s1. The van der Waals surface area contributed by atoms with Gasteiger partial charge in [-0.05, 0) is 46.1 Å². The van der Waals surface area contributed by atoms with Crippen LogP contribution in [0.4, 0.5) is 0 Å². The highest BCUT2D eigenvalue weighted by Crippen LogP contribution is 2.34. The maximum absolute atomic E-state index is 6.14. The van der Waals surface area contributed by atoms with Gasteiger partial charge in [-0.15, -0.1) is 11.3 Å². The quantitative estimate of drug-likeness (QED) is 0.523. The number of aliphatic imine (C=N–C) groups is 1. The molecule has 158 valence electrons. The third-order valence-electron chi connectivity index (χ3n) is 5.38. The topological polar surface area (TPSA) is 58.5 Å². The van der Waals surface area contributed by atoms with Crippen molar-refractivity contribution >= 4 is 17.3 Å². The van der Waals surface area contributed by atoms with Crippen LogP contribution < -0.4 is 10.6 Å². The summed E-state index contributed by atoms with van der Waals surface area (Å²) < 4.78 is 6.14. The number of nitrogens with one attached hydrogen (secondary N) is 2. The van der Waals surface area contributed by atoms with Gasteiger partial charge in [0.15, 0.2) is 5.96 Å². The summed E-state index contributed by atoms with van der Waals surface area (Å²) in [5.41, 5.74) is 3.69. The minimum absolute atomic E-state index is 0.136. The normalized spacial score (nSPS) is 19.9. The molecule has 2 unspecified atom stereocenters. The van der Waals surface area contributed by atoms with E-state index < -0.39 is 0 Å². The van der Waals surface area contributed by atoms with Crippen molar-refractivity contribution in [1.82, 2.24) is 15.6 Å². The standard InChI is InChI=1S/C23H34N4OS/c1-5-24-23(25-13-12-21-27-17(3)18(4)29-21)26-15-20-7-6-14-28-22(20)19-10-8-16(2)9-11-19/h8-11,20,22H,5-7,12-15H2,1-4H3,(H2,24,25,26). The maximum Gasteiger partial charge on any atom is 0.191 e. The molecule has 5 nitrogen and oxygen atoms in total. The summed E-state index contributed by atoms with van der Waals surface area (Å²) in [6, 6.07) is 8.73. The number of rotatable bonds is 7. The van der Waals surface area contributed by atoms with Crippen molar-refractivity contribution in [3.05, 3.63) is 51.0 Å². The highest BCUT2D eigenvalue weighted by atomic mass is 32.1. The first-order valence-corrected chi connectivity index (χ1v) is 11.5. The van der Waals surface area contributed by atoms with Crippen LogP contribution in [-0.4, -0.2) is 37.2 Å². The molecule has 1 aliphatic heterocycles. The molecule has 1 fully saturated rings. The molecule has 6 heteroatoms. The minimum atomic E-state index is 0.136. The smallest absolute Gasteiger partial charge is 0.191 e. The molecule has 1 aliphatic rings. The third kappa shape index (κ3) is 6.28. The molecule has 0 amide bonds. The van der Waals surface area contributed by atoms with Gasteiger partial charge in [0.25, 0.3) is 0 Å². The monoisotopic (exact) mass is 414 g/mol. The molecule has 2 N–H and O–H groups in total. The fraction of sp³-hybridized carbons (Fsp3) is 0.565. The third-order valence-corrected chi connectivity index (χ3v) is 6.52. The molecule has 0 saturated carbocycles. The molecule has 0 aliphatic carbocycles. The van der Waals surface area contributed by atoms with Crippen molar-refractivity contribution in [2.24, 2.45) is 10.9 Å². The van der Waals surface area contributed by atoms with Crippen molar-refractivity contribution in [2.45, 2.75) is 53.1 Å². The van der Waals surface area contributed by atoms with E-state index in [0.29, 0.717) is 5.92 Å². The number of nitrogens with zero attached hydrogens (tertiary/aromatic N) is 2. The first-order valence-electron chi connectivity index (χ1n) is 10.7. The summed E-state index contributed by atoms with van der Waals surface area (Å²) in [6.45, 7) is 11.7. The van der Waals surface area contributed by atoms with Crippen LogP contribution in [0.5, 0.6) is 0 Å². The highest BCUT2D eigenvalue weighted by Gasteiger charge is 2.27. The molecule has 0 spiro atoms. The molecule has 2 atom stereocenters.